The highest BCUT2D eigenvalue weighted by Crippen LogP contribution is 1.97. The van der Waals surface area contributed by atoms with Gasteiger partial charge in [0.25, 0.3) is 0 Å². The first-order valence-electron chi connectivity index (χ1n) is 3.41. The molecule has 0 fully saturated rings. The van der Waals surface area contributed by atoms with Crippen LogP contribution in [0.3, 0.4) is 0 Å². The first-order valence-corrected chi connectivity index (χ1v) is 3.41. The Bertz CT molecular complexity index is 25.6. The van der Waals surface area contributed by atoms with Gasteiger partial charge < -0.3 is 0 Å². The highest BCUT2D eigenvalue weighted by Gasteiger charge is 1.90. The Morgan fingerprint density at radius 1 is 1.38 bits per heavy atom. The summed E-state index contributed by atoms with van der Waals surface area (Å²) < 4.78 is 11.7. The van der Waals surface area contributed by atoms with Gasteiger partial charge in [0, 0.05) is 0 Å². The number of rotatable bonds is 2. The predicted molar refractivity (Wildman–Crippen MR) is 36.8 cm³/mol. The van der Waals surface area contributed by atoms with Crippen LogP contribution in [0.1, 0.15) is 40.5 Å². The van der Waals surface area contributed by atoms with Crippen molar-refractivity contribution in [1.29, 1.82) is 0 Å². The number of hydrogen-bond donors (Lipinski definition) is 0. The molecule has 0 aliphatic heterocycles. The van der Waals surface area contributed by atoms with Gasteiger partial charge >= 0.3 is 0 Å². The zero-order valence-electron chi connectivity index (χ0n) is 6.37. The van der Waals surface area contributed by atoms with E-state index in [9.17, 15) is 4.39 Å². The quantitative estimate of drug-likeness (QED) is 0.525. The van der Waals surface area contributed by atoms with Crippen molar-refractivity contribution in [2.45, 2.75) is 46.7 Å². The van der Waals surface area contributed by atoms with Gasteiger partial charge in [-0.1, -0.05) is 27.2 Å². The van der Waals surface area contributed by atoms with E-state index in [4.69, 9.17) is 0 Å². The molecule has 0 spiro atoms. The zero-order chi connectivity index (χ0) is 6.99. The maximum Gasteiger partial charge on any atom is 0.0973 e. The van der Waals surface area contributed by atoms with Crippen LogP contribution >= 0.6 is 0 Å². The summed E-state index contributed by atoms with van der Waals surface area (Å²) in [6.45, 7) is 7.57. The van der Waals surface area contributed by atoms with Gasteiger partial charge in [0.2, 0.25) is 0 Å². The van der Waals surface area contributed by atoms with Crippen LogP contribution in [-0.4, -0.2) is 6.17 Å². The molecule has 0 saturated carbocycles. The van der Waals surface area contributed by atoms with Crippen LogP contribution in [0, 0.1) is 0 Å². The maximum absolute atomic E-state index is 11.7. The summed E-state index contributed by atoms with van der Waals surface area (Å²) in [6, 6.07) is 0. The fourth-order valence-electron chi connectivity index (χ4n) is 0.398. The van der Waals surface area contributed by atoms with Crippen LogP contribution in [0.5, 0.6) is 0 Å². The molecular formula is C7H17F. The Morgan fingerprint density at radius 2 is 1.75 bits per heavy atom. The highest BCUT2D eigenvalue weighted by molar-refractivity contribution is 4.41. The van der Waals surface area contributed by atoms with Crippen LogP contribution in [-0.2, 0) is 0 Å². The van der Waals surface area contributed by atoms with Crippen LogP contribution in [0.15, 0.2) is 0 Å². The molecule has 1 heteroatoms. The lowest BCUT2D eigenvalue weighted by atomic mass is 10.2. The van der Waals surface area contributed by atoms with Gasteiger partial charge in [-0.05, 0) is 13.3 Å². The molecule has 0 heterocycles. The molecule has 0 bridgehead atoms. The van der Waals surface area contributed by atoms with Crippen LogP contribution in [0.4, 0.5) is 4.39 Å². The monoisotopic (exact) mass is 120 g/mol. The second kappa shape index (κ2) is 10.0. The number of halogens is 1. The Hall–Kier alpha value is -0.0700. The first kappa shape index (κ1) is 10.8. The van der Waals surface area contributed by atoms with Crippen molar-refractivity contribution in [3.63, 3.8) is 0 Å². The molecule has 0 rings (SSSR count). The summed E-state index contributed by atoms with van der Waals surface area (Å²) in [7, 11) is 0. The van der Waals surface area contributed by atoms with Gasteiger partial charge in [-0.15, -0.1) is 0 Å². The zero-order valence-corrected chi connectivity index (χ0v) is 6.37. The molecule has 0 aromatic rings. The molecule has 1 atom stereocenters. The molecule has 0 nitrogen and oxygen atoms in total. The summed E-state index contributed by atoms with van der Waals surface area (Å²) >= 11 is 0. The van der Waals surface area contributed by atoms with E-state index in [1.165, 1.54) is 0 Å². The SMILES string of the molecule is CC.CCCC(C)F. The fourth-order valence-corrected chi connectivity index (χ4v) is 0.398. The van der Waals surface area contributed by atoms with E-state index in [-0.39, 0.29) is 0 Å². The summed E-state index contributed by atoms with van der Waals surface area (Å²) in [5.74, 6) is 0. The summed E-state index contributed by atoms with van der Waals surface area (Å²) in [6.07, 6.45) is 1.06. The molecule has 0 amide bonds. The van der Waals surface area contributed by atoms with Gasteiger partial charge in [-0.2, -0.15) is 0 Å². The maximum atomic E-state index is 11.7. The van der Waals surface area contributed by atoms with Gasteiger partial charge in [-0.3, -0.25) is 0 Å². The van der Waals surface area contributed by atoms with E-state index in [2.05, 4.69) is 0 Å². The van der Waals surface area contributed by atoms with Crippen molar-refractivity contribution in [1.82, 2.24) is 0 Å². The van der Waals surface area contributed by atoms with E-state index in [0.717, 1.165) is 6.42 Å². The van der Waals surface area contributed by atoms with E-state index in [0.29, 0.717) is 6.42 Å². The molecule has 52 valence electrons. The van der Waals surface area contributed by atoms with Crippen molar-refractivity contribution in [3.8, 4) is 0 Å². The summed E-state index contributed by atoms with van der Waals surface area (Å²) in [5.41, 5.74) is 0. The fraction of sp³-hybridized carbons (Fsp3) is 1.00. The lowest BCUT2D eigenvalue weighted by Gasteiger charge is -1.91. The Balaban J connectivity index is 0. The number of hydrogen-bond acceptors (Lipinski definition) is 0. The largest absolute Gasteiger partial charge is 0.248 e. The second-order valence-electron chi connectivity index (χ2n) is 1.57. The van der Waals surface area contributed by atoms with Crippen LogP contribution in [0.2, 0.25) is 0 Å². The Labute approximate surface area is 52.1 Å². The lowest BCUT2D eigenvalue weighted by Crippen LogP contribution is -1.87. The Kier molecular flexibility index (Phi) is 13.6. The molecule has 0 aromatic heterocycles. The predicted octanol–water partition coefficient (Wildman–Crippen LogP) is 3.17. The minimum absolute atomic E-state index is 0.602. The Morgan fingerprint density at radius 3 is 1.75 bits per heavy atom. The molecule has 8 heavy (non-hydrogen) atoms. The van der Waals surface area contributed by atoms with E-state index < -0.39 is 6.17 Å². The third kappa shape index (κ3) is 16.8. The number of alkyl halides is 1. The average molecular weight is 120 g/mol. The van der Waals surface area contributed by atoms with Gasteiger partial charge in [0.15, 0.2) is 0 Å². The lowest BCUT2D eigenvalue weighted by molar-refractivity contribution is 0.339. The highest BCUT2D eigenvalue weighted by atomic mass is 19.1. The molecule has 1 unspecified atom stereocenters. The first-order chi connectivity index (χ1) is 3.77. The van der Waals surface area contributed by atoms with Crippen LogP contribution < -0.4 is 0 Å². The van der Waals surface area contributed by atoms with Crippen molar-refractivity contribution in [3.05, 3.63) is 0 Å². The molecule has 0 N–H and O–H groups in total. The third-order valence-corrected chi connectivity index (χ3v) is 0.686. The van der Waals surface area contributed by atoms with Crippen molar-refractivity contribution in [2.24, 2.45) is 0 Å². The molecule has 0 aliphatic rings. The van der Waals surface area contributed by atoms with Crippen molar-refractivity contribution < 1.29 is 4.39 Å². The topological polar surface area (TPSA) is 0 Å². The van der Waals surface area contributed by atoms with E-state index in [1.54, 1.807) is 6.92 Å². The summed E-state index contributed by atoms with van der Waals surface area (Å²) in [4.78, 5) is 0. The van der Waals surface area contributed by atoms with Crippen molar-refractivity contribution in [2.75, 3.05) is 0 Å². The van der Waals surface area contributed by atoms with E-state index >= 15 is 0 Å². The molecule has 0 saturated heterocycles. The van der Waals surface area contributed by atoms with Gasteiger partial charge in [0.05, 0.1) is 6.17 Å². The minimum atomic E-state index is -0.602. The molecular weight excluding hydrogens is 103 g/mol. The minimum Gasteiger partial charge on any atom is -0.248 e. The molecule has 0 aromatic carbocycles. The van der Waals surface area contributed by atoms with Crippen molar-refractivity contribution >= 4 is 0 Å². The molecule has 0 radical (unpaired) electrons. The van der Waals surface area contributed by atoms with Gasteiger partial charge in [-0.25, -0.2) is 4.39 Å². The standard InChI is InChI=1S/C5H11F.C2H6/c1-3-4-5(2)6;1-2/h5H,3-4H2,1-2H3;1-2H3. The van der Waals surface area contributed by atoms with Gasteiger partial charge in [0.1, 0.15) is 0 Å². The summed E-state index contributed by atoms with van der Waals surface area (Å²) in [5, 5.41) is 0. The average Bonchev–Trinajstić information content (AvgIpc) is 1.72. The second-order valence-corrected chi connectivity index (χ2v) is 1.57. The third-order valence-electron chi connectivity index (χ3n) is 0.686. The molecule has 0 aliphatic carbocycles. The van der Waals surface area contributed by atoms with E-state index in [1.807, 2.05) is 20.8 Å². The smallest absolute Gasteiger partial charge is 0.0973 e. The van der Waals surface area contributed by atoms with Crippen LogP contribution in [0.25, 0.3) is 0 Å². The normalized spacial score (nSPS) is 11.6.